The van der Waals surface area contributed by atoms with E-state index in [0.29, 0.717) is 5.69 Å². The second kappa shape index (κ2) is 12.8. The highest BCUT2D eigenvalue weighted by molar-refractivity contribution is 6.02. The normalized spacial score (nSPS) is 25.2. The van der Waals surface area contributed by atoms with E-state index in [1.807, 2.05) is 24.3 Å². The largest absolute Gasteiger partial charge is 0.388 e. The third-order valence-corrected chi connectivity index (χ3v) is 7.53. The van der Waals surface area contributed by atoms with Crippen LogP contribution in [0.4, 0.5) is 5.69 Å². The molecule has 0 spiro atoms. The number of hydrogen-bond acceptors (Lipinski definition) is 10. The molecule has 2 aromatic carbocycles. The summed E-state index contributed by atoms with van der Waals surface area (Å²) < 4.78 is 11.9. The third kappa shape index (κ3) is 6.56. The summed E-state index contributed by atoms with van der Waals surface area (Å²) in [5, 5.41) is 52.6. The molecule has 2 saturated heterocycles. The van der Waals surface area contributed by atoms with Crippen LogP contribution < -0.4 is 10.2 Å². The van der Waals surface area contributed by atoms with Crippen molar-refractivity contribution in [3.8, 4) is 6.07 Å². The predicted octanol–water partition coefficient (Wildman–Crippen LogP) is 1.10. The van der Waals surface area contributed by atoms with E-state index in [1.54, 1.807) is 12.3 Å². The highest BCUT2D eigenvalue weighted by Crippen LogP contribution is 2.26. The Hall–Kier alpha value is -3.86. The maximum atomic E-state index is 12.8. The van der Waals surface area contributed by atoms with E-state index in [1.165, 1.54) is 36.7 Å². The summed E-state index contributed by atoms with van der Waals surface area (Å²) in [5.41, 5.74) is 2.33. The van der Waals surface area contributed by atoms with Gasteiger partial charge >= 0.3 is 0 Å². The molecule has 1 aromatic heterocycles. The fourth-order valence-electron chi connectivity index (χ4n) is 5.23. The second-order valence-electron chi connectivity index (χ2n) is 10.4. The summed E-state index contributed by atoms with van der Waals surface area (Å²) in [6, 6.07) is 14.2. The van der Waals surface area contributed by atoms with E-state index >= 15 is 0 Å². The van der Waals surface area contributed by atoms with Gasteiger partial charge in [-0.2, -0.15) is 5.26 Å². The first-order valence-corrected chi connectivity index (χ1v) is 13.7. The SMILES string of the molecule is COC1OC(Cn2cc(CNC(=O)C(C#N)=Cc3ccc4cc(N5CCCCC5)ccc4c3)nn2)C(O)C(O)C1O. The molecule has 3 aromatic rings. The van der Waals surface area contributed by atoms with Gasteiger partial charge in [-0.05, 0) is 59.9 Å². The number of carbonyl (C=O) groups excluding carboxylic acids is 1. The van der Waals surface area contributed by atoms with E-state index in [9.17, 15) is 25.4 Å². The molecule has 0 radical (unpaired) electrons. The molecule has 12 nitrogen and oxygen atoms in total. The van der Waals surface area contributed by atoms with Crippen molar-refractivity contribution in [3.63, 3.8) is 0 Å². The van der Waals surface area contributed by atoms with E-state index in [-0.39, 0.29) is 18.7 Å². The molecule has 41 heavy (non-hydrogen) atoms. The fraction of sp³-hybridized carbons (Fsp3) is 0.448. The van der Waals surface area contributed by atoms with Gasteiger partial charge in [0.2, 0.25) is 0 Å². The lowest BCUT2D eigenvalue weighted by molar-refractivity contribution is -0.292. The number of methoxy groups -OCH3 is 1. The van der Waals surface area contributed by atoms with Crippen molar-refractivity contribution in [2.24, 2.45) is 0 Å². The molecule has 1 amide bonds. The molecule has 3 heterocycles. The molecule has 5 atom stereocenters. The van der Waals surface area contributed by atoms with Crippen LogP contribution in [0, 0.1) is 11.3 Å². The number of aromatic nitrogens is 3. The molecule has 2 aliphatic rings. The van der Waals surface area contributed by atoms with Gasteiger partial charge in [-0.1, -0.05) is 23.4 Å². The molecule has 2 fully saturated rings. The quantitative estimate of drug-likeness (QED) is 0.231. The van der Waals surface area contributed by atoms with Crippen molar-refractivity contribution in [2.45, 2.75) is 63.1 Å². The molecular formula is C29H34N6O6. The Morgan fingerprint density at radius 3 is 2.63 bits per heavy atom. The van der Waals surface area contributed by atoms with Crippen molar-refractivity contribution in [2.75, 3.05) is 25.1 Å². The Morgan fingerprint density at radius 1 is 1.12 bits per heavy atom. The number of ether oxygens (including phenoxy) is 2. The number of nitriles is 1. The maximum absolute atomic E-state index is 12.8. The predicted molar refractivity (Wildman–Crippen MR) is 149 cm³/mol. The van der Waals surface area contributed by atoms with Crippen LogP contribution in [-0.2, 0) is 27.4 Å². The summed E-state index contributed by atoms with van der Waals surface area (Å²) >= 11 is 0. The monoisotopic (exact) mass is 562 g/mol. The number of aliphatic hydroxyl groups is 3. The van der Waals surface area contributed by atoms with Crippen LogP contribution in [0.5, 0.6) is 0 Å². The van der Waals surface area contributed by atoms with Crippen LogP contribution in [0.25, 0.3) is 16.8 Å². The third-order valence-electron chi connectivity index (χ3n) is 7.53. The topological polar surface area (TPSA) is 166 Å². The lowest BCUT2D eigenvalue weighted by atomic mass is 9.99. The Kier molecular flexibility index (Phi) is 8.92. The molecule has 12 heteroatoms. The first kappa shape index (κ1) is 28.7. The van der Waals surface area contributed by atoms with Gasteiger partial charge in [-0.15, -0.1) is 5.10 Å². The van der Waals surface area contributed by atoms with E-state index in [4.69, 9.17) is 9.47 Å². The number of amides is 1. The lowest BCUT2D eigenvalue weighted by Crippen LogP contribution is -2.58. The van der Waals surface area contributed by atoms with Gasteiger partial charge in [0.25, 0.3) is 5.91 Å². The number of anilines is 1. The van der Waals surface area contributed by atoms with Crippen molar-refractivity contribution in [1.82, 2.24) is 20.3 Å². The van der Waals surface area contributed by atoms with Crippen LogP contribution in [0.2, 0.25) is 0 Å². The first-order valence-electron chi connectivity index (χ1n) is 13.7. The molecule has 4 N–H and O–H groups in total. The minimum Gasteiger partial charge on any atom is -0.388 e. The van der Waals surface area contributed by atoms with Crippen molar-refractivity contribution >= 4 is 28.4 Å². The highest BCUT2D eigenvalue weighted by atomic mass is 16.7. The lowest BCUT2D eigenvalue weighted by Gasteiger charge is -2.39. The van der Waals surface area contributed by atoms with Gasteiger partial charge in [-0.25, -0.2) is 4.68 Å². The number of aliphatic hydroxyl groups excluding tert-OH is 3. The highest BCUT2D eigenvalue weighted by Gasteiger charge is 2.44. The van der Waals surface area contributed by atoms with Crippen molar-refractivity contribution in [3.05, 3.63) is 59.4 Å². The van der Waals surface area contributed by atoms with E-state index in [0.717, 1.165) is 29.4 Å². The van der Waals surface area contributed by atoms with Crippen LogP contribution in [0.1, 0.15) is 30.5 Å². The van der Waals surface area contributed by atoms with Gasteiger partial charge in [0.1, 0.15) is 41.8 Å². The summed E-state index contributed by atoms with van der Waals surface area (Å²) in [6.45, 7) is 2.19. The zero-order valence-corrected chi connectivity index (χ0v) is 22.8. The fourth-order valence-corrected chi connectivity index (χ4v) is 5.23. The van der Waals surface area contributed by atoms with E-state index < -0.39 is 36.6 Å². The maximum Gasteiger partial charge on any atom is 0.262 e. The molecular weight excluding hydrogens is 528 g/mol. The van der Waals surface area contributed by atoms with Crippen molar-refractivity contribution in [1.29, 1.82) is 5.26 Å². The summed E-state index contributed by atoms with van der Waals surface area (Å²) in [5.74, 6) is -0.548. The average molecular weight is 563 g/mol. The van der Waals surface area contributed by atoms with Crippen molar-refractivity contribution < 1.29 is 29.6 Å². The first-order chi connectivity index (χ1) is 19.9. The number of hydrogen-bond donors (Lipinski definition) is 4. The van der Waals surface area contributed by atoms with Gasteiger partial charge in [0.15, 0.2) is 6.29 Å². The minimum atomic E-state index is -1.45. The number of rotatable bonds is 8. The smallest absolute Gasteiger partial charge is 0.262 e. The number of piperidine rings is 1. The summed E-state index contributed by atoms with van der Waals surface area (Å²) in [7, 11) is 1.32. The zero-order chi connectivity index (χ0) is 28.9. The number of nitrogens with zero attached hydrogens (tertiary/aromatic N) is 5. The van der Waals surface area contributed by atoms with Gasteiger partial charge in [0, 0.05) is 25.9 Å². The molecule has 5 rings (SSSR count). The zero-order valence-electron chi connectivity index (χ0n) is 22.8. The van der Waals surface area contributed by atoms with Crippen LogP contribution in [-0.4, -0.2) is 87.1 Å². The molecule has 5 unspecified atom stereocenters. The molecule has 0 saturated carbocycles. The standard InChI is InChI=1S/C29H34N6O6/c1-40-29-27(38)26(37)25(36)24(41-29)17-35-16-22(32-33-35)15-31-28(39)21(14-30)12-18-5-6-20-13-23(8-7-19(20)11-18)34-9-3-2-4-10-34/h5-8,11-13,16,24-27,29,36-38H,2-4,9-10,15,17H2,1H3,(H,31,39). The summed E-state index contributed by atoms with van der Waals surface area (Å²) in [6.07, 6.45) is 0.604. The number of benzene rings is 2. The minimum absolute atomic E-state index is 0.0188. The van der Waals surface area contributed by atoms with Crippen LogP contribution >= 0.6 is 0 Å². The van der Waals surface area contributed by atoms with Crippen LogP contribution in [0.3, 0.4) is 0 Å². The molecule has 2 aliphatic heterocycles. The molecule has 0 aliphatic carbocycles. The Labute approximate surface area is 237 Å². The van der Waals surface area contributed by atoms with E-state index in [2.05, 4.69) is 38.7 Å². The van der Waals surface area contributed by atoms with Crippen LogP contribution in [0.15, 0.2) is 48.2 Å². The van der Waals surface area contributed by atoms with Gasteiger partial charge in [0.05, 0.1) is 19.3 Å². The Morgan fingerprint density at radius 2 is 1.88 bits per heavy atom. The number of nitrogens with one attached hydrogen (secondary N) is 1. The van der Waals surface area contributed by atoms with Gasteiger partial charge in [-0.3, -0.25) is 4.79 Å². The average Bonchev–Trinajstić information content (AvgIpc) is 3.46. The summed E-state index contributed by atoms with van der Waals surface area (Å²) in [4.78, 5) is 15.2. The Balaban J connectivity index is 1.19. The van der Waals surface area contributed by atoms with Gasteiger partial charge < -0.3 is 35.0 Å². The number of carbonyl (C=O) groups is 1. The Bertz CT molecular complexity index is 1440. The number of fused-ring (bicyclic) bond motifs is 1. The molecule has 0 bridgehead atoms. The second-order valence-corrected chi connectivity index (χ2v) is 10.4. The molecule has 216 valence electrons.